The Morgan fingerprint density at radius 1 is 1.00 bits per heavy atom. The Morgan fingerprint density at radius 2 is 1.40 bits per heavy atom. The van der Waals surface area contributed by atoms with E-state index in [2.05, 4.69) is 0 Å². The summed E-state index contributed by atoms with van der Waals surface area (Å²) in [6.07, 6.45) is 1.44. The van der Waals surface area contributed by atoms with E-state index in [0.29, 0.717) is 0 Å². The van der Waals surface area contributed by atoms with Crippen LogP contribution in [0.5, 0.6) is 0 Å². The van der Waals surface area contributed by atoms with Gasteiger partial charge >= 0.3 is 50.5 Å². The zero-order valence-electron chi connectivity index (χ0n) is 3.28. The van der Waals surface area contributed by atoms with Gasteiger partial charge in [-0.1, -0.05) is 0 Å². The standard InChI is InChI=1S/C3H10As2/c4-2-1-3-5/h1-5H2. The Bertz CT molecular complexity index is 12.4. The summed E-state index contributed by atoms with van der Waals surface area (Å²) in [6.45, 7) is 0. The minimum absolute atomic E-state index is 1.42. The first-order valence-corrected chi connectivity index (χ1v) is 5.24. The van der Waals surface area contributed by atoms with Gasteiger partial charge in [0.1, 0.15) is 0 Å². The van der Waals surface area contributed by atoms with E-state index in [4.69, 9.17) is 0 Å². The first kappa shape index (κ1) is 6.12. The molecule has 0 N–H and O–H groups in total. The van der Waals surface area contributed by atoms with Crippen LogP contribution in [0.1, 0.15) is 6.42 Å². The van der Waals surface area contributed by atoms with Crippen molar-refractivity contribution in [3.8, 4) is 0 Å². The molecule has 0 aromatic rings. The van der Waals surface area contributed by atoms with Crippen molar-refractivity contribution in [1.82, 2.24) is 0 Å². The van der Waals surface area contributed by atoms with Crippen LogP contribution in [0.2, 0.25) is 10.4 Å². The Kier molecular flexibility index (Phi) is 6.26. The Morgan fingerprint density at radius 3 is 1.40 bits per heavy atom. The topological polar surface area (TPSA) is 0 Å². The van der Waals surface area contributed by atoms with Crippen LogP contribution in [0.3, 0.4) is 0 Å². The first-order valence-electron chi connectivity index (χ1n) is 1.82. The van der Waals surface area contributed by atoms with Gasteiger partial charge in [-0.25, -0.2) is 0 Å². The summed E-state index contributed by atoms with van der Waals surface area (Å²) in [4.78, 5) is 0. The summed E-state index contributed by atoms with van der Waals surface area (Å²) in [5, 5.41) is 2.84. The minimum atomic E-state index is 1.42. The van der Waals surface area contributed by atoms with E-state index in [9.17, 15) is 0 Å². The molecule has 0 nitrogen and oxygen atoms in total. The van der Waals surface area contributed by atoms with Gasteiger partial charge in [0.2, 0.25) is 0 Å². The maximum absolute atomic E-state index is 1.86. The van der Waals surface area contributed by atoms with Crippen LogP contribution in [-0.2, 0) is 0 Å². The van der Waals surface area contributed by atoms with Crippen LogP contribution in [0.15, 0.2) is 0 Å². The average molecular weight is 196 g/mol. The van der Waals surface area contributed by atoms with E-state index >= 15 is 0 Å². The van der Waals surface area contributed by atoms with Crippen LogP contribution < -0.4 is 0 Å². The molecule has 0 rings (SSSR count). The van der Waals surface area contributed by atoms with Gasteiger partial charge in [0.15, 0.2) is 0 Å². The Hall–Kier alpha value is 1.12. The number of rotatable bonds is 2. The SMILES string of the molecule is [AsH2]CCC[AsH2]. The summed E-state index contributed by atoms with van der Waals surface area (Å²) in [7, 11) is 0. The molecule has 2 heteroatoms. The molecule has 0 aliphatic rings. The van der Waals surface area contributed by atoms with Gasteiger partial charge in [-0.15, -0.1) is 0 Å². The summed E-state index contributed by atoms with van der Waals surface area (Å²) >= 11 is 3.71. The molecule has 0 bridgehead atoms. The molecular formula is C3H10As2. The van der Waals surface area contributed by atoms with Crippen molar-refractivity contribution in [2.75, 3.05) is 0 Å². The van der Waals surface area contributed by atoms with Crippen molar-refractivity contribution in [2.24, 2.45) is 0 Å². The van der Waals surface area contributed by atoms with E-state index < -0.39 is 0 Å². The van der Waals surface area contributed by atoms with Crippen LogP contribution in [0, 0.1) is 0 Å². The molecule has 0 aromatic heterocycles. The van der Waals surface area contributed by atoms with Crippen LogP contribution >= 0.6 is 0 Å². The molecule has 32 valence electrons. The fourth-order valence-electron chi connectivity index (χ4n) is 0.118. The normalized spacial score (nSPS) is 8.40. The third-order valence-electron chi connectivity index (χ3n) is 0.408. The van der Waals surface area contributed by atoms with Crippen molar-refractivity contribution in [1.29, 1.82) is 0 Å². The zero-order chi connectivity index (χ0) is 4.12. The number of hydrogen-bond donors (Lipinski definition) is 0. The quantitative estimate of drug-likeness (QED) is 0.521. The van der Waals surface area contributed by atoms with Crippen molar-refractivity contribution >= 4 is 33.7 Å². The fraction of sp³-hybridized carbons (Fsp3) is 1.00. The summed E-state index contributed by atoms with van der Waals surface area (Å²) in [6, 6.07) is 0. The molecule has 2 unspecified atom stereocenters. The maximum atomic E-state index is 1.86. The molecule has 0 saturated carbocycles. The number of hydrogen-bond acceptors (Lipinski definition) is 0. The van der Waals surface area contributed by atoms with Crippen LogP contribution in [0.4, 0.5) is 0 Å². The molecular weight excluding hydrogens is 186 g/mol. The fourth-order valence-corrected chi connectivity index (χ4v) is 3.18. The summed E-state index contributed by atoms with van der Waals surface area (Å²) < 4.78 is 0. The van der Waals surface area contributed by atoms with Gasteiger partial charge in [0.05, 0.1) is 0 Å². The molecule has 0 amide bonds. The van der Waals surface area contributed by atoms with Crippen LogP contribution in [0.25, 0.3) is 0 Å². The van der Waals surface area contributed by atoms with Gasteiger partial charge in [0, 0.05) is 0 Å². The summed E-state index contributed by atoms with van der Waals surface area (Å²) in [5.74, 6) is 0. The van der Waals surface area contributed by atoms with E-state index in [0.717, 1.165) is 0 Å². The van der Waals surface area contributed by atoms with Gasteiger partial charge in [-0.05, 0) is 0 Å². The first-order chi connectivity index (χ1) is 2.41. The molecule has 0 aromatic carbocycles. The molecule has 0 aliphatic heterocycles. The molecule has 0 spiro atoms. The second-order valence-corrected chi connectivity index (χ2v) is 3.35. The van der Waals surface area contributed by atoms with Crippen LogP contribution in [-0.4, -0.2) is 33.7 Å². The van der Waals surface area contributed by atoms with Gasteiger partial charge in [-0.2, -0.15) is 0 Å². The van der Waals surface area contributed by atoms with Gasteiger partial charge in [-0.3, -0.25) is 0 Å². The molecule has 0 heterocycles. The monoisotopic (exact) mass is 196 g/mol. The molecule has 0 saturated heterocycles. The van der Waals surface area contributed by atoms with E-state index in [-0.39, 0.29) is 0 Å². The van der Waals surface area contributed by atoms with Gasteiger partial charge in [0.25, 0.3) is 0 Å². The van der Waals surface area contributed by atoms with Crippen molar-refractivity contribution in [3.05, 3.63) is 0 Å². The average Bonchev–Trinajstić information content (AvgIpc) is 1.41. The second-order valence-electron chi connectivity index (χ2n) is 0.931. The van der Waals surface area contributed by atoms with E-state index in [1.807, 2.05) is 33.7 Å². The second kappa shape index (κ2) is 5.12. The predicted octanol–water partition coefficient (Wildman–Crippen LogP) is -0.521. The van der Waals surface area contributed by atoms with E-state index in [1.54, 1.807) is 0 Å². The zero-order valence-corrected chi connectivity index (χ0v) is 8.12. The van der Waals surface area contributed by atoms with Crippen molar-refractivity contribution < 1.29 is 0 Å². The van der Waals surface area contributed by atoms with Crippen molar-refractivity contribution in [2.45, 2.75) is 16.8 Å². The molecule has 5 heavy (non-hydrogen) atoms. The molecule has 0 aliphatic carbocycles. The molecule has 0 radical (unpaired) electrons. The molecule has 0 fully saturated rings. The Balaban J connectivity index is 2.19. The summed E-state index contributed by atoms with van der Waals surface area (Å²) in [5.41, 5.74) is 0. The molecule has 2 atom stereocenters. The van der Waals surface area contributed by atoms with Gasteiger partial charge < -0.3 is 0 Å². The van der Waals surface area contributed by atoms with E-state index in [1.165, 1.54) is 16.8 Å². The third-order valence-corrected chi connectivity index (χ3v) is 2.12. The van der Waals surface area contributed by atoms with Crippen molar-refractivity contribution in [3.63, 3.8) is 0 Å². The predicted molar refractivity (Wildman–Crippen MR) is 31.3 cm³/mol. The Labute approximate surface area is 50.7 Å². The third kappa shape index (κ3) is 5.12.